The summed E-state index contributed by atoms with van der Waals surface area (Å²) >= 11 is 7.83. The van der Waals surface area contributed by atoms with Gasteiger partial charge in [-0.15, -0.1) is 0 Å². The van der Waals surface area contributed by atoms with Crippen LogP contribution in [0.2, 0.25) is 0 Å². The smallest absolute Gasteiger partial charge is 0.299 e. The first-order valence-corrected chi connectivity index (χ1v) is 7.99. The largest absolute Gasteiger partial charge is 0.304 e. The van der Waals surface area contributed by atoms with Gasteiger partial charge in [-0.1, -0.05) is 15.9 Å². The first-order chi connectivity index (χ1) is 9.06. The van der Waals surface area contributed by atoms with E-state index in [1.807, 2.05) is 11.5 Å². The van der Waals surface area contributed by atoms with Gasteiger partial charge in [0.05, 0.1) is 11.3 Å². The van der Waals surface area contributed by atoms with Crippen molar-refractivity contribution < 1.29 is 9.59 Å². The predicted molar refractivity (Wildman–Crippen MR) is 81.2 cm³/mol. The number of benzene rings is 1. The highest BCUT2D eigenvalue weighted by Gasteiger charge is 2.37. The molecule has 0 radical (unpaired) electrons. The van der Waals surface area contributed by atoms with Crippen LogP contribution in [0.1, 0.15) is 16.8 Å². The molecule has 0 aromatic heterocycles. The third kappa shape index (κ3) is 2.86. The van der Waals surface area contributed by atoms with Crippen molar-refractivity contribution in [3.05, 3.63) is 26.6 Å². The van der Waals surface area contributed by atoms with E-state index in [1.165, 1.54) is 4.90 Å². The van der Waals surface area contributed by atoms with Crippen LogP contribution in [-0.4, -0.2) is 24.0 Å². The van der Waals surface area contributed by atoms with Crippen LogP contribution in [0.25, 0.3) is 0 Å². The molecule has 0 fully saturated rings. The molecule has 0 unspecified atom stereocenters. The van der Waals surface area contributed by atoms with E-state index in [1.54, 1.807) is 6.07 Å². The summed E-state index contributed by atoms with van der Waals surface area (Å²) in [6.07, 6.45) is 0.666. The van der Waals surface area contributed by atoms with Gasteiger partial charge in [0.1, 0.15) is 5.40 Å². The Labute approximate surface area is 131 Å². The molecule has 0 N–H and O–H groups in total. The molecule has 4 nitrogen and oxygen atoms in total. The molecule has 0 bridgehead atoms. The van der Waals surface area contributed by atoms with Crippen LogP contribution in [0.15, 0.2) is 21.1 Å². The zero-order valence-electron chi connectivity index (χ0n) is 9.65. The molecule has 0 saturated heterocycles. The van der Waals surface area contributed by atoms with E-state index in [9.17, 15) is 9.59 Å². The average Bonchev–Trinajstić information content (AvgIpc) is 2.60. The van der Waals surface area contributed by atoms with Crippen LogP contribution in [0.3, 0.4) is 0 Å². The van der Waals surface area contributed by atoms with Gasteiger partial charge in [-0.3, -0.25) is 9.59 Å². The minimum Gasteiger partial charge on any atom is -0.304 e. The van der Waals surface area contributed by atoms with Crippen molar-refractivity contribution in [2.75, 3.05) is 17.2 Å². The van der Waals surface area contributed by atoms with Crippen LogP contribution in [0.4, 0.5) is 5.69 Å². The monoisotopic (exact) mass is 402 g/mol. The molecule has 7 heteroatoms. The van der Waals surface area contributed by atoms with Crippen LogP contribution in [0.5, 0.6) is 0 Å². The second kappa shape index (κ2) is 6.07. The van der Waals surface area contributed by atoms with Crippen molar-refractivity contribution in [3.8, 4) is 5.40 Å². The molecule has 19 heavy (non-hydrogen) atoms. The normalized spacial score (nSPS) is 13.6. The van der Waals surface area contributed by atoms with E-state index in [-0.39, 0.29) is 0 Å². The van der Waals surface area contributed by atoms with Crippen LogP contribution < -0.4 is 4.90 Å². The van der Waals surface area contributed by atoms with Gasteiger partial charge in [-0.2, -0.15) is 5.26 Å². The lowest BCUT2D eigenvalue weighted by atomic mass is 10.1. The van der Waals surface area contributed by atoms with Crippen LogP contribution in [-0.2, 0) is 4.79 Å². The number of thiocyanates is 1. The lowest BCUT2D eigenvalue weighted by Gasteiger charge is -2.17. The van der Waals surface area contributed by atoms with Crippen molar-refractivity contribution in [2.24, 2.45) is 0 Å². The number of nitriles is 1. The van der Waals surface area contributed by atoms with Crippen molar-refractivity contribution in [1.29, 1.82) is 5.26 Å². The molecular weight excluding hydrogens is 396 g/mol. The molecule has 1 aliphatic heterocycles. The zero-order chi connectivity index (χ0) is 14.0. The number of carbonyl (C=O) groups is 2. The number of hydrogen-bond donors (Lipinski definition) is 0. The molecule has 1 heterocycles. The van der Waals surface area contributed by atoms with Gasteiger partial charge in [0.25, 0.3) is 11.7 Å². The fraction of sp³-hybridized carbons (Fsp3) is 0.250. The third-order valence-electron chi connectivity index (χ3n) is 2.67. The fourth-order valence-electron chi connectivity index (χ4n) is 1.91. The van der Waals surface area contributed by atoms with Gasteiger partial charge in [0.15, 0.2) is 0 Å². The number of hydrogen-bond acceptors (Lipinski definition) is 4. The Bertz CT molecular complexity index is 598. The van der Waals surface area contributed by atoms with Crippen LogP contribution in [0, 0.1) is 10.7 Å². The molecule has 0 saturated carbocycles. The van der Waals surface area contributed by atoms with Gasteiger partial charge in [-0.05, 0) is 46.2 Å². The summed E-state index contributed by atoms with van der Waals surface area (Å²) in [6.45, 7) is 0.437. The molecule has 1 aromatic carbocycles. The summed E-state index contributed by atoms with van der Waals surface area (Å²) in [5.41, 5.74) is 1.04. The number of Topliss-reactive ketones (excluding diaryl/α,β-unsaturated/α-hetero) is 1. The summed E-state index contributed by atoms with van der Waals surface area (Å²) in [5.74, 6) is -0.349. The Kier molecular flexibility index (Phi) is 4.66. The third-order valence-corrected chi connectivity index (χ3v) is 4.36. The van der Waals surface area contributed by atoms with E-state index in [4.69, 9.17) is 5.26 Å². The lowest BCUT2D eigenvalue weighted by molar-refractivity contribution is -0.114. The van der Waals surface area contributed by atoms with E-state index < -0.39 is 11.7 Å². The first-order valence-electron chi connectivity index (χ1n) is 5.42. The molecular formula is C12H8Br2N2O2S. The molecule has 98 valence electrons. The summed E-state index contributed by atoms with van der Waals surface area (Å²) in [6, 6.07) is 3.46. The van der Waals surface area contributed by atoms with Gasteiger partial charge in [0, 0.05) is 21.2 Å². The minimum atomic E-state index is -0.504. The summed E-state index contributed by atoms with van der Waals surface area (Å²) < 4.78 is 1.46. The van der Waals surface area contributed by atoms with Crippen molar-refractivity contribution in [2.45, 2.75) is 6.42 Å². The number of fused-ring (bicyclic) bond motifs is 1. The quantitative estimate of drug-likeness (QED) is 0.439. The molecule has 0 aliphatic carbocycles. The molecule has 1 aromatic rings. The van der Waals surface area contributed by atoms with E-state index in [0.29, 0.717) is 34.4 Å². The highest BCUT2D eigenvalue weighted by atomic mass is 79.9. The number of anilines is 1. The molecule has 0 spiro atoms. The maximum atomic E-state index is 12.0. The fourth-order valence-corrected chi connectivity index (χ4v) is 3.71. The highest BCUT2D eigenvalue weighted by molar-refractivity contribution is 9.11. The van der Waals surface area contributed by atoms with Gasteiger partial charge < -0.3 is 4.90 Å². The Balaban J connectivity index is 2.26. The topological polar surface area (TPSA) is 61.2 Å². The van der Waals surface area contributed by atoms with Gasteiger partial charge in [0.2, 0.25) is 0 Å². The lowest BCUT2D eigenvalue weighted by Crippen LogP contribution is -2.31. The maximum Gasteiger partial charge on any atom is 0.299 e. The Morgan fingerprint density at radius 1 is 1.32 bits per heavy atom. The minimum absolute atomic E-state index is 0.416. The summed E-state index contributed by atoms with van der Waals surface area (Å²) in [5, 5.41) is 10.4. The second-order valence-electron chi connectivity index (χ2n) is 3.86. The SMILES string of the molecule is N#CSCCCN1C(=O)C(=O)c2cc(Br)cc(Br)c21. The Hall–Kier alpha value is -0.840. The predicted octanol–water partition coefficient (Wildman–Crippen LogP) is 3.35. The molecule has 2 rings (SSSR count). The summed E-state index contributed by atoms with van der Waals surface area (Å²) in [4.78, 5) is 25.3. The van der Waals surface area contributed by atoms with E-state index in [0.717, 1.165) is 16.2 Å². The molecule has 1 aliphatic rings. The van der Waals surface area contributed by atoms with Gasteiger partial charge in [-0.25, -0.2) is 0 Å². The standard InChI is InChI=1S/C12H8Br2N2O2S/c13-7-4-8-10(9(14)5-7)16(12(18)11(8)17)2-1-3-19-6-15/h4-5H,1-3H2. The zero-order valence-corrected chi connectivity index (χ0v) is 13.6. The van der Waals surface area contributed by atoms with E-state index >= 15 is 0 Å². The first kappa shape index (κ1) is 14.6. The number of nitrogens with zero attached hydrogens (tertiary/aromatic N) is 2. The number of halogens is 2. The van der Waals surface area contributed by atoms with E-state index in [2.05, 4.69) is 31.9 Å². The highest BCUT2D eigenvalue weighted by Crippen LogP contribution is 2.38. The number of ketones is 1. The van der Waals surface area contributed by atoms with Crippen molar-refractivity contribution in [1.82, 2.24) is 0 Å². The van der Waals surface area contributed by atoms with Gasteiger partial charge >= 0.3 is 0 Å². The number of carbonyl (C=O) groups excluding carboxylic acids is 2. The molecule has 1 amide bonds. The second-order valence-corrected chi connectivity index (χ2v) is 6.51. The van der Waals surface area contributed by atoms with Crippen LogP contribution >= 0.6 is 43.6 Å². The van der Waals surface area contributed by atoms with Crippen molar-refractivity contribution >= 4 is 61.0 Å². The number of thioether (sulfide) groups is 1. The number of amides is 1. The average molecular weight is 404 g/mol. The maximum absolute atomic E-state index is 12.0. The Morgan fingerprint density at radius 2 is 2.05 bits per heavy atom. The Morgan fingerprint density at radius 3 is 2.74 bits per heavy atom. The number of rotatable bonds is 4. The molecule has 0 atom stereocenters. The summed E-state index contributed by atoms with van der Waals surface area (Å²) in [7, 11) is 0. The van der Waals surface area contributed by atoms with Crippen molar-refractivity contribution in [3.63, 3.8) is 0 Å².